The molecule has 0 atom stereocenters. The van der Waals surface area contributed by atoms with E-state index in [0.717, 1.165) is 0 Å². The van der Waals surface area contributed by atoms with Crippen molar-refractivity contribution in [2.75, 3.05) is 5.43 Å². The lowest BCUT2D eigenvalue weighted by Crippen LogP contribution is -2.10. The number of anilines is 1. The van der Waals surface area contributed by atoms with Gasteiger partial charge in [0.05, 0.1) is 0 Å². The van der Waals surface area contributed by atoms with Crippen molar-refractivity contribution in [1.82, 2.24) is 9.97 Å². The Bertz CT molecular complexity index is 515. The molecule has 0 radical (unpaired) electrons. The molecule has 1 aromatic carbocycles. The summed E-state index contributed by atoms with van der Waals surface area (Å²) in [6.45, 7) is 0. The molecule has 88 valence electrons. The highest BCUT2D eigenvalue weighted by Crippen LogP contribution is 2.27. The largest absolute Gasteiger partial charge is 0.439 e. The van der Waals surface area contributed by atoms with E-state index < -0.39 is 0 Å². The fraction of sp³-hybridized carbons (Fsp3) is 0. The summed E-state index contributed by atoms with van der Waals surface area (Å²) in [5.41, 5.74) is 2.32. The fourth-order valence-corrected chi connectivity index (χ4v) is 1.68. The number of nitrogens with two attached hydrogens (primary N) is 1. The standard InChI is InChI=1S/C10H8Cl2N4O/c11-6-3-7(12)5-8(4-6)17-9-1-2-14-10(15-9)16-13/h1-5H,13H2,(H,14,15,16). The van der Waals surface area contributed by atoms with E-state index >= 15 is 0 Å². The van der Waals surface area contributed by atoms with Crippen LogP contribution in [0.2, 0.25) is 10.0 Å². The maximum atomic E-state index is 5.85. The van der Waals surface area contributed by atoms with Crippen LogP contribution in [0.5, 0.6) is 11.6 Å². The number of nitrogens with one attached hydrogen (secondary N) is 1. The average Bonchev–Trinajstić information content (AvgIpc) is 2.28. The van der Waals surface area contributed by atoms with Gasteiger partial charge in [0.1, 0.15) is 5.75 Å². The number of nitrogen functional groups attached to an aromatic ring is 1. The molecule has 1 aromatic heterocycles. The van der Waals surface area contributed by atoms with Crippen molar-refractivity contribution in [2.45, 2.75) is 0 Å². The normalized spacial score (nSPS) is 10.1. The van der Waals surface area contributed by atoms with Gasteiger partial charge < -0.3 is 4.74 Å². The number of halogens is 2. The van der Waals surface area contributed by atoms with Crippen LogP contribution in [0.1, 0.15) is 0 Å². The van der Waals surface area contributed by atoms with Gasteiger partial charge in [0.25, 0.3) is 0 Å². The number of hydrazine groups is 1. The van der Waals surface area contributed by atoms with Crippen molar-refractivity contribution in [3.8, 4) is 11.6 Å². The highest BCUT2D eigenvalue weighted by atomic mass is 35.5. The number of hydrogen-bond acceptors (Lipinski definition) is 5. The van der Waals surface area contributed by atoms with Gasteiger partial charge in [-0.2, -0.15) is 4.98 Å². The zero-order valence-electron chi connectivity index (χ0n) is 8.52. The van der Waals surface area contributed by atoms with E-state index in [2.05, 4.69) is 15.4 Å². The molecule has 0 saturated heterocycles. The predicted molar refractivity (Wildman–Crippen MR) is 66.4 cm³/mol. The first kappa shape index (κ1) is 11.9. The molecule has 0 aliphatic heterocycles. The lowest BCUT2D eigenvalue weighted by atomic mass is 10.3. The molecule has 0 saturated carbocycles. The number of benzene rings is 1. The number of aromatic nitrogens is 2. The van der Waals surface area contributed by atoms with Gasteiger partial charge in [0.15, 0.2) is 0 Å². The highest BCUT2D eigenvalue weighted by Gasteiger charge is 2.03. The van der Waals surface area contributed by atoms with Gasteiger partial charge in [-0.05, 0) is 18.2 Å². The summed E-state index contributed by atoms with van der Waals surface area (Å²) < 4.78 is 5.47. The Morgan fingerprint density at radius 3 is 2.53 bits per heavy atom. The third kappa shape index (κ3) is 3.20. The van der Waals surface area contributed by atoms with Crippen LogP contribution < -0.4 is 16.0 Å². The van der Waals surface area contributed by atoms with Crippen LogP contribution in [0.15, 0.2) is 30.5 Å². The molecule has 0 unspecified atom stereocenters. The van der Waals surface area contributed by atoms with Crippen molar-refractivity contribution in [3.05, 3.63) is 40.5 Å². The minimum atomic E-state index is 0.260. The minimum absolute atomic E-state index is 0.260. The van der Waals surface area contributed by atoms with Crippen molar-refractivity contribution in [3.63, 3.8) is 0 Å². The quantitative estimate of drug-likeness (QED) is 0.663. The molecular weight excluding hydrogens is 263 g/mol. The van der Waals surface area contributed by atoms with Crippen molar-refractivity contribution < 1.29 is 4.74 Å². The van der Waals surface area contributed by atoms with Crippen molar-refractivity contribution >= 4 is 29.2 Å². The topological polar surface area (TPSA) is 73.1 Å². The van der Waals surface area contributed by atoms with E-state index in [1.165, 1.54) is 6.20 Å². The summed E-state index contributed by atoms with van der Waals surface area (Å²) in [6, 6.07) is 6.47. The van der Waals surface area contributed by atoms with Crippen LogP contribution in [0.25, 0.3) is 0 Å². The summed E-state index contributed by atoms with van der Waals surface area (Å²) >= 11 is 11.7. The Balaban J connectivity index is 2.24. The lowest BCUT2D eigenvalue weighted by Gasteiger charge is -2.06. The second kappa shape index (κ2) is 5.18. The maximum Gasteiger partial charge on any atom is 0.240 e. The Morgan fingerprint density at radius 1 is 1.18 bits per heavy atom. The van der Waals surface area contributed by atoms with E-state index in [1.54, 1.807) is 24.3 Å². The first-order chi connectivity index (χ1) is 8.17. The first-order valence-electron chi connectivity index (χ1n) is 4.61. The Hall–Kier alpha value is -1.56. The molecule has 0 aliphatic rings. The zero-order valence-corrected chi connectivity index (χ0v) is 10.0. The number of nitrogens with zero attached hydrogens (tertiary/aromatic N) is 2. The predicted octanol–water partition coefficient (Wildman–Crippen LogP) is 2.86. The van der Waals surface area contributed by atoms with E-state index in [-0.39, 0.29) is 5.95 Å². The van der Waals surface area contributed by atoms with Crippen molar-refractivity contribution in [2.24, 2.45) is 5.84 Å². The Kier molecular flexibility index (Phi) is 3.63. The van der Waals surface area contributed by atoms with Crippen LogP contribution in [0, 0.1) is 0 Å². The third-order valence-corrected chi connectivity index (χ3v) is 2.25. The van der Waals surface area contributed by atoms with Gasteiger partial charge >= 0.3 is 0 Å². The van der Waals surface area contributed by atoms with Crippen LogP contribution >= 0.6 is 23.2 Å². The summed E-state index contributed by atoms with van der Waals surface area (Å²) in [7, 11) is 0. The van der Waals surface area contributed by atoms with Gasteiger partial charge in [0, 0.05) is 22.3 Å². The molecule has 2 aromatic rings. The molecule has 0 spiro atoms. The molecule has 0 amide bonds. The van der Waals surface area contributed by atoms with E-state index in [1.807, 2.05) is 0 Å². The van der Waals surface area contributed by atoms with Crippen LogP contribution in [-0.2, 0) is 0 Å². The lowest BCUT2D eigenvalue weighted by molar-refractivity contribution is 0.462. The smallest absolute Gasteiger partial charge is 0.240 e. The Morgan fingerprint density at radius 2 is 1.88 bits per heavy atom. The van der Waals surface area contributed by atoms with Crippen LogP contribution in [-0.4, -0.2) is 9.97 Å². The molecule has 17 heavy (non-hydrogen) atoms. The molecule has 0 fully saturated rings. The highest BCUT2D eigenvalue weighted by molar-refractivity contribution is 6.34. The minimum Gasteiger partial charge on any atom is -0.439 e. The second-order valence-electron chi connectivity index (χ2n) is 3.07. The number of hydrogen-bond donors (Lipinski definition) is 2. The molecule has 0 bridgehead atoms. The van der Waals surface area contributed by atoms with Gasteiger partial charge in [-0.25, -0.2) is 10.8 Å². The SMILES string of the molecule is NNc1nccc(Oc2cc(Cl)cc(Cl)c2)n1. The Labute approximate surface area is 108 Å². The summed E-state index contributed by atoms with van der Waals surface area (Å²) in [5, 5.41) is 0.970. The zero-order chi connectivity index (χ0) is 12.3. The summed E-state index contributed by atoms with van der Waals surface area (Å²) in [5.74, 6) is 6.28. The molecular formula is C10H8Cl2N4O. The number of rotatable bonds is 3. The maximum absolute atomic E-state index is 5.85. The van der Waals surface area contributed by atoms with Gasteiger partial charge in [-0.3, -0.25) is 5.43 Å². The first-order valence-corrected chi connectivity index (χ1v) is 5.36. The summed E-state index contributed by atoms with van der Waals surface area (Å²) in [6.07, 6.45) is 1.52. The van der Waals surface area contributed by atoms with E-state index in [0.29, 0.717) is 21.7 Å². The average molecular weight is 271 g/mol. The molecule has 2 rings (SSSR count). The van der Waals surface area contributed by atoms with Crippen molar-refractivity contribution in [1.29, 1.82) is 0 Å². The van der Waals surface area contributed by atoms with Gasteiger partial charge in [-0.15, -0.1) is 0 Å². The van der Waals surface area contributed by atoms with E-state index in [9.17, 15) is 0 Å². The van der Waals surface area contributed by atoms with Crippen LogP contribution in [0.3, 0.4) is 0 Å². The third-order valence-electron chi connectivity index (χ3n) is 1.82. The number of ether oxygens (including phenoxy) is 1. The molecule has 7 heteroatoms. The van der Waals surface area contributed by atoms with Gasteiger partial charge in [-0.1, -0.05) is 23.2 Å². The molecule has 1 heterocycles. The summed E-state index contributed by atoms with van der Waals surface area (Å²) in [4.78, 5) is 7.85. The monoisotopic (exact) mass is 270 g/mol. The molecule has 0 aliphatic carbocycles. The molecule has 3 N–H and O–H groups in total. The van der Waals surface area contributed by atoms with Crippen LogP contribution in [0.4, 0.5) is 5.95 Å². The van der Waals surface area contributed by atoms with Gasteiger partial charge in [0.2, 0.25) is 11.8 Å². The van der Waals surface area contributed by atoms with E-state index in [4.69, 9.17) is 33.8 Å². The second-order valence-corrected chi connectivity index (χ2v) is 3.94. The molecule has 5 nitrogen and oxygen atoms in total. The fourth-order valence-electron chi connectivity index (χ4n) is 1.18.